The van der Waals surface area contributed by atoms with Gasteiger partial charge < -0.3 is 14.5 Å². The quantitative estimate of drug-likeness (QED) is 0.614. The molecule has 4 heterocycles. The molecule has 2 aliphatic rings. The highest BCUT2D eigenvalue weighted by molar-refractivity contribution is 5.78. The van der Waals surface area contributed by atoms with E-state index in [0.717, 1.165) is 82.6 Å². The summed E-state index contributed by atoms with van der Waals surface area (Å²) >= 11 is 0. The Morgan fingerprint density at radius 1 is 0.969 bits per heavy atom. The monoisotopic (exact) mass is 432 g/mol. The van der Waals surface area contributed by atoms with Crippen LogP contribution in [0.15, 0.2) is 48.8 Å². The van der Waals surface area contributed by atoms with Crippen LogP contribution in [0, 0.1) is 5.92 Å². The first-order valence-corrected chi connectivity index (χ1v) is 11.6. The molecular formula is C25H32N6O. The molecule has 3 aromatic rings. The van der Waals surface area contributed by atoms with Gasteiger partial charge in [0.05, 0.1) is 24.4 Å². The maximum absolute atomic E-state index is 5.47. The third-order valence-corrected chi connectivity index (χ3v) is 6.46. The van der Waals surface area contributed by atoms with Gasteiger partial charge in [0.2, 0.25) is 5.95 Å². The zero-order valence-corrected chi connectivity index (χ0v) is 18.9. The van der Waals surface area contributed by atoms with Gasteiger partial charge in [-0.2, -0.15) is 0 Å². The molecule has 0 bridgehead atoms. The lowest BCUT2D eigenvalue weighted by atomic mass is 9.97. The second-order valence-electron chi connectivity index (χ2n) is 9.05. The Labute approximate surface area is 190 Å². The zero-order valence-electron chi connectivity index (χ0n) is 18.9. The van der Waals surface area contributed by atoms with Crippen LogP contribution in [0.5, 0.6) is 0 Å². The Bertz CT molecular complexity index is 1040. The number of hydrogen-bond donors (Lipinski definition) is 0. The number of pyridine rings is 1. The van der Waals surface area contributed by atoms with Crippen molar-refractivity contribution in [2.24, 2.45) is 5.92 Å². The summed E-state index contributed by atoms with van der Waals surface area (Å²) in [5.41, 5.74) is 3.56. The minimum atomic E-state index is 0.581. The van der Waals surface area contributed by atoms with Crippen molar-refractivity contribution >= 4 is 16.9 Å². The predicted octanol–water partition coefficient (Wildman–Crippen LogP) is 2.47. The summed E-state index contributed by atoms with van der Waals surface area (Å²) in [7, 11) is 2.24. The van der Waals surface area contributed by atoms with Crippen LogP contribution in [-0.2, 0) is 17.7 Å². The summed E-state index contributed by atoms with van der Waals surface area (Å²) in [5, 5.41) is 1.22. The number of benzene rings is 1. The zero-order chi connectivity index (χ0) is 21.8. The summed E-state index contributed by atoms with van der Waals surface area (Å²) < 4.78 is 5.47. The number of fused-ring (bicyclic) bond motifs is 1. The van der Waals surface area contributed by atoms with Crippen molar-refractivity contribution in [2.75, 3.05) is 64.4 Å². The Kier molecular flexibility index (Phi) is 6.57. The van der Waals surface area contributed by atoms with Gasteiger partial charge in [0.15, 0.2) is 0 Å². The molecule has 2 saturated heterocycles. The van der Waals surface area contributed by atoms with E-state index < -0.39 is 0 Å². The largest absolute Gasteiger partial charge is 0.378 e. The minimum absolute atomic E-state index is 0.581. The lowest BCUT2D eigenvalue weighted by Crippen LogP contribution is -2.37. The molecule has 0 amide bonds. The van der Waals surface area contributed by atoms with E-state index in [4.69, 9.17) is 9.72 Å². The Hall–Kier alpha value is -2.61. The van der Waals surface area contributed by atoms with Gasteiger partial charge in [0.25, 0.3) is 0 Å². The molecule has 1 aromatic carbocycles. The molecule has 2 aromatic heterocycles. The van der Waals surface area contributed by atoms with Crippen molar-refractivity contribution in [2.45, 2.75) is 13.0 Å². The Balaban J connectivity index is 1.27. The highest BCUT2D eigenvalue weighted by atomic mass is 16.5. The van der Waals surface area contributed by atoms with E-state index in [9.17, 15) is 0 Å². The summed E-state index contributed by atoms with van der Waals surface area (Å²) in [6.45, 7) is 8.42. The van der Waals surface area contributed by atoms with Gasteiger partial charge in [-0.1, -0.05) is 12.1 Å². The summed E-state index contributed by atoms with van der Waals surface area (Å²) in [5.74, 6) is 1.41. The Morgan fingerprint density at radius 2 is 1.88 bits per heavy atom. The fraction of sp³-hybridized carbons (Fsp3) is 0.480. The Morgan fingerprint density at radius 3 is 2.78 bits per heavy atom. The smallest absolute Gasteiger partial charge is 0.225 e. The van der Waals surface area contributed by atoms with Crippen molar-refractivity contribution in [1.82, 2.24) is 24.8 Å². The SMILES string of the molecule is CN1CCN(Cc2ccnc(N3CCOCC3)n2)C[C@@H](Cc2ccc3ncccc3c2)C1. The molecule has 0 aliphatic carbocycles. The number of likely N-dealkylation sites (N-methyl/N-ethyl adjacent to an activating group) is 1. The number of morpholine rings is 1. The number of anilines is 1. The van der Waals surface area contributed by atoms with E-state index in [1.165, 1.54) is 10.9 Å². The maximum atomic E-state index is 5.47. The molecule has 7 heteroatoms. The van der Waals surface area contributed by atoms with Crippen LogP contribution in [-0.4, -0.2) is 84.3 Å². The number of hydrogen-bond acceptors (Lipinski definition) is 7. The van der Waals surface area contributed by atoms with Gasteiger partial charge in [0.1, 0.15) is 0 Å². The molecule has 32 heavy (non-hydrogen) atoms. The molecule has 2 fully saturated rings. The number of aromatic nitrogens is 3. The van der Waals surface area contributed by atoms with Crippen molar-refractivity contribution < 1.29 is 4.74 Å². The topological polar surface area (TPSA) is 57.6 Å². The average Bonchev–Trinajstić information content (AvgIpc) is 3.00. The van der Waals surface area contributed by atoms with Gasteiger partial charge in [-0.15, -0.1) is 0 Å². The fourth-order valence-corrected chi connectivity index (χ4v) is 4.83. The van der Waals surface area contributed by atoms with E-state index >= 15 is 0 Å². The first kappa shape index (κ1) is 21.2. The highest BCUT2D eigenvalue weighted by Crippen LogP contribution is 2.20. The number of nitrogens with zero attached hydrogens (tertiary/aromatic N) is 6. The van der Waals surface area contributed by atoms with Crippen molar-refractivity contribution in [1.29, 1.82) is 0 Å². The first-order valence-electron chi connectivity index (χ1n) is 11.6. The molecule has 168 valence electrons. The summed E-state index contributed by atoms with van der Waals surface area (Å²) in [6, 6.07) is 12.9. The van der Waals surface area contributed by atoms with E-state index in [2.05, 4.69) is 62.0 Å². The second-order valence-corrected chi connectivity index (χ2v) is 9.05. The average molecular weight is 433 g/mol. The third-order valence-electron chi connectivity index (χ3n) is 6.46. The molecule has 2 aliphatic heterocycles. The second kappa shape index (κ2) is 9.90. The first-order chi connectivity index (χ1) is 15.7. The van der Waals surface area contributed by atoms with Crippen LogP contribution in [0.3, 0.4) is 0 Å². The summed E-state index contributed by atoms with van der Waals surface area (Å²) in [6.07, 6.45) is 4.84. The van der Waals surface area contributed by atoms with Crippen LogP contribution in [0.2, 0.25) is 0 Å². The molecule has 1 atom stereocenters. The number of ether oxygens (including phenoxy) is 1. The van der Waals surface area contributed by atoms with Gasteiger partial charge in [-0.05, 0) is 49.2 Å². The van der Waals surface area contributed by atoms with Gasteiger partial charge >= 0.3 is 0 Å². The predicted molar refractivity (Wildman–Crippen MR) is 127 cm³/mol. The third kappa shape index (κ3) is 5.23. The highest BCUT2D eigenvalue weighted by Gasteiger charge is 2.22. The van der Waals surface area contributed by atoms with Crippen molar-refractivity contribution in [3.05, 3.63) is 60.0 Å². The molecule has 5 rings (SSSR count). The van der Waals surface area contributed by atoms with Gasteiger partial charge in [-0.25, -0.2) is 9.97 Å². The maximum Gasteiger partial charge on any atom is 0.225 e. The number of rotatable bonds is 5. The molecule has 0 N–H and O–H groups in total. The molecule has 0 radical (unpaired) electrons. The normalized spacial score (nSPS) is 21.0. The molecule has 0 spiro atoms. The molecule has 0 unspecified atom stereocenters. The lowest BCUT2D eigenvalue weighted by molar-refractivity contribution is 0.122. The minimum Gasteiger partial charge on any atom is -0.378 e. The lowest BCUT2D eigenvalue weighted by Gasteiger charge is -2.27. The van der Waals surface area contributed by atoms with Crippen molar-refractivity contribution in [3.63, 3.8) is 0 Å². The molecule has 0 saturated carbocycles. The van der Waals surface area contributed by atoms with E-state index in [1.54, 1.807) is 0 Å². The van der Waals surface area contributed by atoms with Gasteiger partial charge in [-0.3, -0.25) is 9.88 Å². The van der Waals surface area contributed by atoms with E-state index in [-0.39, 0.29) is 0 Å². The van der Waals surface area contributed by atoms with Crippen LogP contribution >= 0.6 is 0 Å². The molecule has 7 nitrogen and oxygen atoms in total. The van der Waals surface area contributed by atoms with Crippen LogP contribution < -0.4 is 4.90 Å². The molecular weight excluding hydrogens is 400 g/mol. The van der Waals surface area contributed by atoms with Crippen molar-refractivity contribution in [3.8, 4) is 0 Å². The summed E-state index contributed by atoms with van der Waals surface area (Å²) in [4.78, 5) is 21.1. The standard InChI is InChI=1S/C25H32N6O/c1-29-9-10-30(19-23-6-8-27-25(28-23)31-11-13-32-14-12-31)18-21(17-29)15-20-4-5-24-22(16-20)3-2-7-26-24/h2-8,16,21H,9-15,17-19H2,1H3/t21-/m0/s1. The van der Waals surface area contributed by atoms with Crippen LogP contribution in [0.1, 0.15) is 11.3 Å². The van der Waals surface area contributed by atoms with Crippen LogP contribution in [0.4, 0.5) is 5.95 Å². The van der Waals surface area contributed by atoms with E-state index in [1.807, 2.05) is 18.5 Å². The van der Waals surface area contributed by atoms with Crippen LogP contribution in [0.25, 0.3) is 10.9 Å². The van der Waals surface area contributed by atoms with Gasteiger partial charge in [0, 0.05) is 63.6 Å². The fourth-order valence-electron chi connectivity index (χ4n) is 4.83. The van der Waals surface area contributed by atoms with E-state index in [0.29, 0.717) is 5.92 Å².